The van der Waals surface area contributed by atoms with Crippen LogP contribution in [0.15, 0.2) is 30.3 Å². The minimum absolute atomic E-state index is 0. The Morgan fingerprint density at radius 1 is 1.21 bits per heavy atom. The summed E-state index contributed by atoms with van der Waals surface area (Å²) in [7, 11) is 0. The van der Waals surface area contributed by atoms with Gasteiger partial charge in [0, 0.05) is 6.54 Å². The van der Waals surface area contributed by atoms with Crippen LogP contribution in [-0.4, -0.2) is 36.9 Å². The van der Waals surface area contributed by atoms with E-state index >= 15 is 0 Å². The average molecular weight is 184 g/mol. The first-order valence-corrected chi connectivity index (χ1v) is 4.92. The molecule has 0 bridgehead atoms. The van der Waals surface area contributed by atoms with Gasteiger partial charge in [0.2, 0.25) is 0 Å². The van der Waals surface area contributed by atoms with Gasteiger partial charge >= 0.3 is 18.9 Å². The van der Waals surface area contributed by atoms with Crippen LogP contribution in [0.25, 0.3) is 0 Å². The van der Waals surface area contributed by atoms with Crippen LogP contribution >= 0.6 is 0 Å². The monoisotopic (exact) mass is 184 g/mol. The minimum atomic E-state index is 0. The molecule has 0 N–H and O–H groups in total. The van der Waals surface area contributed by atoms with Crippen LogP contribution in [0.4, 0.5) is 0 Å². The van der Waals surface area contributed by atoms with Gasteiger partial charge in [0.25, 0.3) is 0 Å². The maximum absolute atomic E-state index is 3.87. The van der Waals surface area contributed by atoms with Crippen molar-refractivity contribution in [1.29, 1.82) is 0 Å². The van der Waals surface area contributed by atoms with Gasteiger partial charge in [-0.1, -0.05) is 44.2 Å². The van der Waals surface area contributed by atoms with Gasteiger partial charge in [-0.25, -0.2) is 0 Å². The molecule has 0 saturated carbocycles. The van der Waals surface area contributed by atoms with Gasteiger partial charge in [0.1, 0.15) is 0 Å². The quantitative estimate of drug-likeness (QED) is 0.633. The van der Waals surface area contributed by atoms with E-state index in [0.717, 1.165) is 26.1 Å². The van der Waals surface area contributed by atoms with E-state index in [2.05, 4.69) is 49.1 Å². The predicted octanol–water partition coefficient (Wildman–Crippen LogP) is 2.08. The van der Waals surface area contributed by atoms with Gasteiger partial charge in [-0.15, -0.1) is 0 Å². The van der Waals surface area contributed by atoms with Crippen molar-refractivity contribution in [2.75, 3.05) is 13.1 Å². The summed E-state index contributed by atoms with van der Waals surface area (Å²) in [6, 6.07) is 10.6. The van der Waals surface area contributed by atoms with Crippen molar-refractivity contribution < 1.29 is 0 Å². The molecule has 73 valence electrons. The van der Waals surface area contributed by atoms with Crippen molar-refractivity contribution in [2.45, 2.75) is 19.9 Å². The molecule has 0 fully saturated rings. The molecule has 0 unspecified atom stereocenters. The van der Waals surface area contributed by atoms with E-state index in [1.54, 1.807) is 0 Å². The maximum atomic E-state index is 3.87. The van der Waals surface area contributed by atoms with Crippen molar-refractivity contribution in [3.63, 3.8) is 0 Å². The molecular formula is C12H19LiN. The summed E-state index contributed by atoms with van der Waals surface area (Å²) in [6.45, 7) is 9.31. The third-order valence-corrected chi connectivity index (χ3v) is 2.17. The summed E-state index contributed by atoms with van der Waals surface area (Å²) in [5.74, 6) is 0. The van der Waals surface area contributed by atoms with Gasteiger partial charge in [-0.3, -0.25) is 4.90 Å². The number of rotatable bonds is 5. The molecule has 0 aliphatic heterocycles. The van der Waals surface area contributed by atoms with Crippen LogP contribution in [-0.2, 0) is 6.54 Å². The van der Waals surface area contributed by atoms with E-state index in [4.69, 9.17) is 0 Å². The third-order valence-electron chi connectivity index (χ3n) is 2.17. The Hall–Kier alpha value is -0.223. The predicted molar refractivity (Wildman–Crippen MR) is 64.5 cm³/mol. The van der Waals surface area contributed by atoms with Crippen molar-refractivity contribution in [1.82, 2.24) is 4.90 Å². The van der Waals surface area contributed by atoms with Crippen molar-refractivity contribution in [2.24, 2.45) is 0 Å². The third kappa shape index (κ3) is 4.86. The molecule has 14 heavy (non-hydrogen) atoms. The zero-order valence-electron chi connectivity index (χ0n) is 8.37. The van der Waals surface area contributed by atoms with Gasteiger partial charge in [0.15, 0.2) is 0 Å². The first kappa shape index (κ1) is 13.8. The van der Waals surface area contributed by atoms with E-state index in [9.17, 15) is 0 Å². The Kier molecular flexibility index (Phi) is 7.99. The molecule has 0 aliphatic carbocycles. The van der Waals surface area contributed by atoms with E-state index < -0.39 is 0 Å². The van der Waals surface area contributed by atoms with Crippen molar-refractivity contribution in [3.05, 3.63) is 42.8 Å². The summed E-state index contributed by atoms with van der Waals surface area (Å²) in [5, 5.41) is 0. The van der Waals surface area contributed by atoms with Gasteiger partial charge in [-0.05, 0) is 25.1 Å². The van der Waals surface area contributed by atoms with Gasteiger partial charge < -0.3 is 0 Å². The Morgan fingerprint density at radius 3 is 2.36 bits per heavy atom. The molecule has 1 aromatic rings. The molecule has 1 radical (unpaired) electrons. The Morgan fingerprint density at radius 2 is 1.86 bits per heavy atom. The summed E-state index contributed by atoms with van der Waals surface area (Å²) < 4.78 is 0. The second-order valence-corrected chi connectivity index (χ2v) is 3.21. The van der Waals surface area contributed by atoms with E-state index in [-0.39, 0.29) is 18.9 Å². The topological polar surface area (TPSA) is 3.24 Å². The van der Waals surface area contributed by atoms with E-state index in [1.165, 1.54) is 5.56 Å². The fraction of sp³-hybridized carbons (Fsp3) is 0.417. The van der Waals surface area contributed by atoms with Crippen LogP contribution in [0.3, 0.4) is 0 Å². The molecule has 0 aromatic heterocycles. The van der Waals surface area contributed by atoms with Crippen LogP contribution in [0.5, 0.6) is 0 Å². The molecule has 2 heteroatoms. The molecule has 0 heterocycles. The van der Waals surface area contributed by atoms with Gasteiger partial charge in [0.05, 0.1) is 0 Å². The van der Waals surface area contributed by atoms with Gasteiger partial charge in [-0.2, -0.15) is 0 Å². The fourth-order valence-electron chi connectivity index (χ4n) is 1.41. The molecule has 1 nitrogen and oxygen atoms in total. The van der Waals surface area contributed by atoms with Crippen LogP contribution < -0.4 is 0 Å². The molecule has 0 aliphatic rings. The molecule has 1 aromatic carbocycles. The summed E-state index contributed by atoms with van der Waals surface area (Å²) >= 11 is 0. The SMILES string of the molecule is [CH2]CCN(CC)Cc1ccccc1.[LiH]. The molecule has 0 saturated heterocycles. The standard InChI is InChI=1S/C12H18N.Li.H/c1-3-10-13(4-2)11-12-8-6-5-7-9-12;;/h5-9H,1,3-4,10-11H2,2H3;;. The van der Waals surface area contributed by atoms with Crippen LogP contribution in [0.2, 0.25) is 0 Å². The first-order chi connectivity index (χ1) is 6.36. The van der Waals surface area contributed by atoms with Crippen LogP contribution in [0, 0.1) is 6.92 Å². The zero-order chi connectivity index (χ0) is 9.52. The fourth-order valence-corrected chi connectivity index (χ4v) is 1.41. The molecular weight excluding hydrogens is 165 g/mol. The van der Waals surface area contributed by atoms with E-state index in [0.29, 0.717) is 0 Å². The second-order valence-electron chi connectivity index (χ2n) is 3.21. The second kappa shape index (κ2) is 8.12. The number of hydrogen-bond acceptors (Lipinski definition) is 1. The first-order valence-electron chi connectivity index (χ1n) is 4.92. The van der Waals surface area contributed by atoms with Crippen molar-refractivity contribution >= 4 is 18.9 Å². The molecule has 1 rings (SSSR count). The average Bonchev–Trinajstić information content (AvgIpc) is 2.19. The number of nitrogens with zero attached hydrogens (tertiary/aromatic N) is 1. The van der Waals surface area contributed by atoms with E-state index in [1.807, 2.05) is 0 Å². The molecule has 0 spiro atoms. The Bertz CT molecular complexity index is 223. The summed E-state index contributed by atoms with van der Waals surface area (Å²) in [4.78, 5) is 2.41. The molecule has 0 amide bonds. The number of benzene rings is 1. The Balaban J connectivity index is 0.00000169. The summed E-state index contributed by atoms with van der Waals surface area (Å²) in [5.41, 5.74) is 1.39. The van der Waals surface area contributed by atoms with Crippen LogP contribution in [0.1, 0.15) is 18.9 Å². The number of hydrogen-bond donors (Lipinski definition) is 0. The Labute approximate surface area is 99.7 Å². The molecule has 0 atom stereocenters. The zero-order valence-corrected chi connectivity index (χ0v) is 8.37. The summed E-state index contributed by atoms with van der Waals surface area (Å²) in [6.07, 6.45) is 0.987. The van der Waals surface area contributed by atoms with Crippen molar-refractivity contribution in [3.8, 4) is 0 Å². The normalized spacial score (nSPS) is 9.93.